The van der Waals surface area contributed by atoms with Gasteiger partial charge >= 0.3 is 0 Å². The lowest BCUT2D eigenvalue weighted by Gasteiger charge is -2.21. The summed E-state index contributed by atoms with van der Waals surface area (Å²) in [5.41, 5.74) is 9.15. The first-order chi connectivity index (χ1) is 16.4. The minimum Gasteiger partial charge on any atom is -0.365 e. The van der Waals surface area contributed by atoms with Crippen molar-refractivity contribution in [3.8, 4) is 10.6 Å². The van der Waals surface area contributed by atoms with Gasteiger partial charge in [0, 0.05) is 10.3 Å². The Balaban J connectivity index is 1.54. The van der Waals surface area contributed by atoms with Crippen molar-refractivity contribution in [1.29, 1.82) is 0 Å². The number of primary amides is 1. The third-order valence-electron chi connectivity index (χ3n) is 6.32. The van der Waals surface area contributed by atoms with Gasteiger partial charge in [0.2, 0.25) is 0 Å². The van der Waals surface area contributed by atoms with Gasteiger partial charge in [0.15, 0.2) is 0 Å². The maximum Gasteiger partial charge on any atom is 0.257 e. The number of nitrogens with zero attached hydrogens (tertiary/aromatic N) is 1. The van der Waals surface area contributed by atoms with Crippen molar-refractivity contribution < 1.29 is 9.59 Å². The Hall–Kier alpha value is -2.74. The molecule has 1 atom stereocenters. The quantitative estimate of drug-likeness (QED) is 0.295. The van der Waals surface area contributed by atoms with Crippen molar-refractivity contribution in [2.75, 3.05) is 5.32 Å². The van der Waals surface area contributed by atoms with Gasteiger partial charge in [-0.05, 0) is 55.0 Å². The minimum absolute atomic E-state index is 0.284. The van der Waals surface area contributed by atoms with Crippen LogP contribution in [0.1, 0.15) is 57.3 Å². The van der Waals surface area contributed by atoms with Crippen molar-refractivity contribution in [3.05, 3.63) is 68.4 Å². The van der Waals surface area contributed by atoms with Gasteiger partial charge in [-0.25, -0.2) is 4.98 Å². The van der Waals surface area contributed by atoms with E-state index in [9.17, 15) is 9.59 Å². The lowest BCUT2D eigenvalue weighted by Crippen LogP contribution is -2.20. The highest BCUT2D eigenvalue weighted by Gasteiger charge is 2.29. The molecule has 3 heterocycles. The van der Waals surface area contributed by atoms with E-state index in [-0.39, 0.29) is 5.91 Å². The lowest BCUT2D eigenvalue weighted by atomic mass is 9.84. The van der Waals surface area contributed by atoms with Crippen LogP contribution in [0.4, 0.5) is 5.00 Å². The van der Waals surface area contributed by atoms with Gasteiger partial charge in [-0.2, -0.15) is 0 Å². The average Bonchev–Trinajstić information content (AvgIpc) is 3.41. The van der Waals surface area contributed by atoms with E-state index in [0.717, 1.165) is 47.0 Å². The summed E-state index contributed by atoms with van der Waals surface area (Å²) in [6.45, 7) is 2.20. The Bertz CT molecular complexity index is 1410. The predicted molar refractivity (Wildman–Crippen MR) is 141 cm³/mol. The number of nitrogens with two attached hydrogens (primary N) is 1. The number of carbonyl (C=O) groups is 2. The molecule has 0 fully saturated rings. The molecular formula is C26H24ClN3O2S2. The molecule has 8 heteroatoms. The summed E-state index contributed by atoms with van der Waals surface area (Å²) in [5, 5.41) is 4.31. The van der Waals surface area contributed by atoms with E-state index in [0.29, 0.717) is 32.1 Å². The molecule has 1 aliphatic rings. The molecule has 0 bridgehead atoms. The minimum atomic E-state index is -0.491. The summed E-state index contributed by atoms with van der Waals surface area (Å²) in [6.07, 6.45) is 5.12. The molecule has 1 unspecified atom stereocenters. The molecule has 174 valence electrons. The molecule has 0 saturated carbocycles. The van der Waals surface area contributed by atoms with Crippen molar-refractivity contribution in [2.24, 2.45) is 11.7 Å². The van der Waals surface area contributed by atoms with Gasteiger partial charge in [0.1, 0.15) is 5.00 Å². The molecule has 34 heavy (non-hydrogen) atoms. The van der Waals surface area contributed by atoms with Crippen molar-refractivity contribution >= 4 is 62.0 Å². The maximum atomic E-state index is 13.6. The van der Waals surface area contributed by atoms with Crippen molar-refractivity contribution in [2.45, 2.75) is 39.0 Å². The monoisotopic (exact) mass is 509 g/mol. The van der Waals surface area contributed by atoms with E-state index in [2.05, 4.69) is 12.2 Å². The van der Waals surface area contributed by atoms with E-state index in [1.165, 1.54) is 34.0 Å². The second kappa shape index (κ2) is 9.49. The van der Waals surface area contributed by atoms with Gasteiger partial charge in [0.05, 0.1) is 31.6 Å². The van der Waals surface area contributed by atoms with Gasteiger partial charge in [-0.3, -0.25) is 9.59 Å². The maximum absolute atomic E-state index is 13.6. The second-order valence-corrected chi connectivity index (χ2v) is 11.4. The number of rotatable bonds is 6. The van der Waals surface area contributed by atoms with E-state index in [1.54, 1.807) is 6.07 Å². The summed E-state index contributed by atoms with van der Waals surface area (Å²) < 4.78 is 0.660. The van der Waals surface area contributed by atoms with Gasteiger partial charge < -0.3 is 11.1 Å². The molecule has 5 rings (SSSR count). The third-order valence-corrected chi connectivity index (χ3v) is 8.75. The molecule has 0 saturated heterocycles. The summed E-state index contributed by atoms with van der Waals surface area (Å²) in [5.74, 6) is -0.159. The Morgan fingerprint density at radius 1 is 1.21 bits per heavy atom. The Morgan fingerprint density at radius 2 is 2.03 bits per heavy atom. The lowest BCUT2D eigenvalue weighted by molar-refractivity contribution is 0.1000. The Labute approximate surface area is 211 Å². The van der Waals surface area contributed by atoms with E-state index in [4.69, 9.17) is 22.3 Å². The number of pyridine rings is 1. The molecule has 1 aromatic carbocycles. The summed E-state index contributed by atoms with van der Waals surface area (Å²) in [7, 11) is 0. The van der Waals surface area contributed by atoms with Crippen LogP contribution in [0, 0.1) is 5.92 Å². The highest BCUT2D eigenvalue weighted by Crippen LogP contribution is 2.41. The number of nitrogens with one attached hydrogen (secondary N) is 1. The predicted octanol–water partition coefficient (Wildman–Crippen LogP) is 6.93. The Morgan fingerprint density at radius 3 is 2.76 bits per heavy atom. The molecular weight excluding hydrogens is 486 g/mol. The molecule has 0 spiro atoms. The number of fused-ring (bicyclic) bond motifs is 2. The third kappa shape index (κ3) is 4.35. The van der Waals surface area contributed by atoms with Crippen molar-refractivity contribution in [1.82, 2.24) is 4.98 Å². The summed E-state index contributed by atoms with van der Waals surface area (Å²) >= 11 is 9.04. The smallest absolute Gasteiger partial charge is 0.257 e. The summed E-state index contributed by atoms with van der Waals surface area (Å²) in [4.78, 5) is 32.7. The SMILES string of the molecule is CCCC1CCc2c(sc(NC(=O)c3cc(-c4ccc(Cl)s4)nc4ccccc34)c2C(N)=O)C1. The standard InChI is InChI=1S/C26H24ClN3O2S2/c1-2-5-14-8-9-16-21(12-14)34-26(23(16)24(28)31)30-25(32)17-13-19(20-10-11-22(27)33-20)29-18-7-4-3-6-15(17)18/h3-4,6-7,10-11,13-14H,2,5,8-9,12H2,1H3,(H2,28,31)(H,30,32). The van der Waals surface area contributed by atoms with E-state index in [1.807, 2.05) is 36.4 Å². The zero-order valence-electron chi connectivity index (χ0n) is 18.7. The molecule has 1 aliphatic carbocycles. The molecule has 0 radical (unpaired) electrons. The van der Waals surface area contributed by atoms with Crippen LogP contribution in [0.3, 0.4) is 0 Å². The zero-order valence-corrected chi connectivity index (χ0v) is 21.1. The molecule has 0 aliphatic heterocycles. The molecule has 2 amide bonds. The van der Waals surface area contributed by atoms with Gasteiger partial charge in [0.25, 0.3) is 11.8 Å². The van der Waals surface area contributed by atoms with E-state index < -0.39 is 5.91 Å². The van der Waals surface area contributed by atoms with Crippen LogP contribution in [0.25, 0.3) is 21.5 Å². The number of anilines is 1. The number of halogens is 1. The first-order valence-electron chi connectivity index (χ1n) is 11.4. The molecule has 3 aromatic heterocycles. The second-order valence-electron chi connectivity index (χ2n) is 8.60. The number of carbonyl (C=O) groups excluding carboxylic acids is 2. The number of benzene rings is 1. The van der Waals surface area contributed by atoms with Crippen LogP contribution < -0.4 is 11.1 Å². The number of hydrogen-bond donors (Lipinski definition) is 2. The largest absolute Gasteiger partial charge is 0.365 e. The van der Waals surface area contributed by atoms with Crippen LogP contribution in [-0.2, 0) is 12.8 Å². The number of amides is 2. The highest BCUT2D eigenvalue weighted by atomic mass is 35.5. The molecule has 3 N–H and O–H groups in total. The topological polar surface area (TPSA) is 85.1 Å². The van der Waals surface area contributed by atoms with Gasteiger partial charge in [-0.1, -0.05) is 49.6 Å². The first kappa shape index (κ1) is 23.0. The summed E-state index contributed by atoms with van der Waals surface area (Å²) in [6, 6.07) is 13.1. The fraction of sp³-hybridized carbons (Fsp3) is 0.269. The average molecular weight is 510 g/mol. The van der Waals surface area contributed by atoms with Crippen LogP contribution in [-0.4, -0.2) is 16.8 Å². The fourth-order valence-electron chi connectivity index (χ4n) is 4.77. The number of aromatic nitrogens is 1. The fourth-order valence-corrected chi connectivity index (χ4v) is 7.14. The molecule has 5 nitrogen and oxygen atoms in total. The highest BCUT2D eigenvalue weighted by molar-refractivity contribution is 7.19. The van der Waals surface area contributed by atoms with Gasteiger partial charge in [-0.15, -0.1) is 22.7 Å². The van der Waals surface area contributed by atoms with Crippen LogP contribution in [0.5, 0.6) is 0 Å². The first-order valence-corrected chi connectivity index (χ1v) is 13.4. The van der Waals surface area contributed by atoms with Crippen LogP contribution in [0.15, 0.2) is 42.5 Å². The van der Waals surface area contributed by atoms with Crippen LogP contribution >= 0.6 is 34.3 Å². The number of para-hydroxylation sites is 1. The Kier molecular flexibility index (Phi) is 6.42. The van der Waals surface area contributed by atoms with Crippen molar-refractivity contribution in [3.63, 3.8) is 0 Å². The zero-order chi connectivity index (χ0) is 23.8. The van der Waals surface area contributed by atoms with Crippen LogP contribution in [0.2, 0.25) is 4.34 Å². The van der Waals surface area contributed by atoms with E-state index >= 15 is 0 Å². The number of thiophene rings is 2. The molecule has 4 aromatic rings. The number of hydrogen-bond acceptors (Lipinski definition) is 5. The normalized spacial score (nSPS) is 15.3.